The number of carbonyl (C=O) groups is 1. The van der Waals surface area contributed by atoms with E-state index >= 15 is 0 Å². The largest absolute Gasteiger partial charge is 0.444 e. The van der Waals surface area contributed by atoms with Gasteiger partial charge in [-0.05, 0) is 51.7 Å². The van der Waals surface area contributed by atoms with Crippen molar-refractivity contribution >= 4 is 17.3 Å². The van der Waals surface area contributed by atoms with Crippen molar-refractivity contribution in [2.24, 2.45) is 0 Å². The van der Waals surface area contributed by atoms with Gasteiger partial charge in [-0.2, -0.15) is 13.2 Å². The van der Waals surface area contributed by atoms with Crippen molar-refractivity contribution in [2.45, 2.75) is 57.9 Å². The van der Waals surface area contributed by atoms with Crippen LogP contribution < -0.4 is 5.56 Å². The molecule has 0 atom stereocenters. The molecule has 1 aliphatic heterocycles. The lowest BCUT2D eigenvalue weighted by molar-refractivity contribution is -0.138. The number of fused-ring (bicyclic) bond motifs is 1. The van der Waals surface area contributed by atoms with Gasteiger partial charge in [-0.3, -0.25) is 19.3 Å². The number of hydrogen-bond acceptors (Lipinski definition) is 6. The zero-order valence-electron chi connectivity index (χ0n) is 19.7. The van der Waals surface area contributed by atoms with Crippen molar-refractivity contribution in [3.05, 3.63) is 64.0 Å². The van der Waals surface area contributed by atoms with Crippen LogP contribution in [0.1, 0.15) is 56.2 Å². The SMILES string of the molecule is CC(C)(C)OC(=O)N1CCC(c2cc3nccnc3n(Cc3cnccc3C(F)(F)F)c2=O)CC1. The van der Waals surface area contributed by atoms with E-state index in [9.17, 15) is 22.8 Å². The van der Waals surface area contributed by atoms with Crippen molar-refractivity contribution in [2.75, 3.05) is 13.1 Å². The standard InChI is InChI=1S/C24H26F3N5O3/c1-23(2,3)35-22(34)31-10-5-15(6-11-31)17-12-19-20(30-9-8-29-19)32(21(17)33)14-16-13-28-7-4-18(16)24(25,26)27/h4,7-9,12-13,15H,5-6,10-11,14H2,1-3H3. The first kappa shape index (κ1) is 24.6. The number of nitrogens with zero attached hydrogens (tertiary/aromatic N) is 5. The Balaban J connectivity index is 1.67. The number of hydrogen-bond donors (Lipinski definition) is 0. The minimum atomic E-state index is -4.59. The Hall–Kier alpha value is -3.50. The van der Waals surface area contributed by atoms with Crippen LogP contribution in [0, 0.1) is 0 Å². The zero-order chi connectivity index (χ0) is 25.4. The van der Waals surface area contributed by atoms with Crippen LogP contribution in [-0.4, -0.2) is 49.2 Å². The van der Waals surface area contributed by atoms with E-state index < -0.39 is 29.0 Å². The van der Waals surface area contributed by atoms with Gasteiger partial charge in [0.2, 0.25) is 0 Å². The summed E-state index contributed by atoms with van der Waals surface area (Å²) in [6.07, 6.45) is 1.08. The Morgan fingerprint density at radius 2 is 1.80 bits per heavy atom. The first-order valence-corrected chi connectivity index (χ1v) is 11.3. The number of pyridine rings is 2. The summed E-state index contributed by atoms with van der Waals surface area (Å²) >= 11 is 0. The molecule has 0 radical (unpaired) electrons. The number of amides is 1. The maximum absolute atomic E-state index is 13.6. The fourth-order valence-electron chi connectivity index (χ4n) is 4.25. The molecule has 0 spiro atoms. The number of ether oxygens (including phenoxy) is 1. The molecule has 11 heteroatoms. The summed E-state index contributed by atoms with van der Waals surface area (Å²) < 4.78 is 47.3. The molecule has 0 bridgehead atoms. The second-order valence-corrected chi connectivity index (χ2v) is 9.53. The highest BCUT2D eigenvalue weighted by Gasteiger charge is 2.34. The third kappa shape index (κ3) is 5.44. The van der Waals surface area contributed by atoms with Crippen LogP contribution >= 0.6 is 0 Å². The molecule has 1 aliphatic rings. The summed E-state index contributed by atoms with van der Waals surface area (Å²) in [6, 6.07) is 2.55. The van der Waals surface area contributed by atoms with Crippen molar-refractivity contribution in [3.63, 3.8) is 0 Å². The molecule has 4 heterocycles. The van der Waals surface area contributed by atoms with Gasteiger partial charge in [0.25, 0.3) is 5.56 Å². The number of likely N-dealkylation sites (tertiary alicyclic amines) is 1. The molecule has 3 aromatic heterocycles. The van der Waals surface area contributed by atoms with E-state index in [0.29, 0.717) is 37.0 Å². The van der Waals surface area contributed by atoms with E-state index in [4.69, 9.17) is 4.74 Å². The molecule has 8 nitrogen and oxygen atoms in total. The summed E-state index contributed by atoms with van der Waals surface area (Å²) in [5.74, 6) is -0.185. The first-order chi connectivity index (χ1) is 16.4. The average Bonchev–Trinajstić information content (AvgIpc) is 2.79. The lowest BCUT2D eigenvalue weighted by Gasteiger charge is -2.33. The van der Waals surface area contributed by atoms with Crippen LogP contribution in [0.2, 0.25) is 0 Å². The summed E-state index contributed by atoms with van der Waals surface area (Å²) in [5.41, 5.74) is -0.970. The Bertz CT molecular complexity index is 1290. The lowest BCUT2D eigenvalue weighted by atomic mass is 9.90. The molecule has 0 N–H and O–H groups in total. The summed E-state index contributed by atoms with van der Waals surface area (Å²) in [7, 11) is 0. The van der Waals surface area contributed by atoms with Gasteiger partial charge in [-0.25, -0.2) is 9.78 Å². The van der Waals surface area contributed by atoms with Gasteiger partial charge in [0, 0.05) is 49.0 Å². The Labute approximate surface area is 199 Å². The topological polar surface area (TPSA) is 90.2 Å². The fourth-order valence-corrected chi connectivity index (χ4v) is 4.25. The van der Waals surface area contributed by atoms with Crippen molar-refractivity contribution in [3.8, 4) is 0 Å². The molecular weight excluding hydrogens is 463 g/mol. The molecule has 0 saturated carbocycles. The van der Waals surface area contributed by atoms with E-state index in [1.165, 1.54) is 17.0 Å². The van der Waals surface area contributed by atoms with Crippen LogP contribution in [0.3, 0.4) is 0 Å². The van der Waals surface area contributed by atoms with Gasteiger partial charge in [0.05, 0.1) is 12.1 Å². The van der Waals surface area contributed by atoms with Gasteiger partial charge < -0.3 is 9.64 Å². The summed E-state index contributed by atoms with van der Waals surface area (Å²) in [4.78, 5) is 39.9. The lowest BCUT2D eigenvalue weighted by Crippen LogP contribution is -2.42. The molecule has 0 aromatic carbocycles. The maximum Gasteiger partial charge on any atom is 0.416 e. The molecule has 4 rings (SSSR count). The van der Waals surface area contributed by atoms with Crippen LogP contribution in [0.25, 0.3) is 11.2 Å². The van der Waals surface area contributed by atoms with E-state index in [1.807, 2.05) is 0 Å². The molecule has 0 aliphatic carbocycles. The van der Waals surface area contributed by atoms with Gasteiger partial charge in [0.15, 0.2) is 5.65 Å². The summed E-state index contributed by atoms with van der Waals surface area (Å²) in [5, 5.41) is 0. The smallest absolute Gasteiger partial charge is 0.416 e. The van der Waals surface area contributed by atoms with Crippen LogP contribution in [0.4, 0.5) is 18.0 Å². The Kier molecular flexibility index (Phi) is 6.52. The van der Waals surface area contributed by atoms with Gasteiger partial charge >= 0.3 is 12.3 Å². The highest BCUT2D eigenvalue weighted by molar-refractivity contribution is 5.71. The normalized spacial score (nSPS) is 15.4. The van der Waals surface area contributed by atoms with E-state index in [2.05, 4.69) is 15.0 Å². The van der Waals surface area contributed by atoms with Gasteiger partial charge in [-0.15, -0.1) is 0 Å². The van der Waals surface area contributed by atoms with Gasteiger partial charge in [0.1, 0.15) is 11.1 Å². The fraction of sp³-hybridized carbons (Fsp3) is 0.458. The maximum atomic E-state index is 13.6. The first-order valence-electron chi connectivity index (χ1n) is 11.3. The third-order valence-corrected chi connectivity index (χ3v) is 5.87. The summed E-state index contributed by atoms with van der Waals surface area (Å²) in [6.45, 7) is 5.84. The number of aromatic nitrogens is 4. The minimum Gasteiger partial charge on any atom is -0.444 e. The van der Waals surface area contributed by atoms with E-state index in [1.54, 1.807) is 31.7 Å². The van der Waals surface area contributed by atoms with Crippen molar-refractivity contribution in [1.82, 2.24) is 24.4 Å². The molecular formula is C24H26F3N5O3. The van der Waals surface area contributed by atoms with Crippen LogP contribution in [-0.2, 0) is 17.5 Å². The predicted octanol–water partition coefficient (Wildman–Crippen LogP) is 4.37. The average molecular weight is 489 g/mol. The number of halogens is 3. The molecule has 3 aromatic rings. The van der Waals surface area contributed by atoms with Crippen LogP contribution in [0.15, 0.2) is 41.7 Å². The number of rotatable bonds is 3. The molecule has 35 heavy (non-hydrogen) atoms. The van der Waals surface area contributed by atoms with Crippen LogP contribution in [0.5, 0.6) is 0 Å². The molecule has 186 valence electrons. The Morgan fingerprint density at radius 1 is 1.11 bits per heavy atom. The van der Waals surface area contributed by atoms with E-state index in [-0.39, 0.29) is 23.7 Å². The molecule has 1 amide bonds. The highest BCUT2D eigenvalue weighted by atomic mass is 19.4. The number of alkyl halides is 3. The monoisotopic (exact) mass is 489 g/mol. The quantitative estimate of drug-likeness (QED) is 0.543. The predicted molar refractivity (Wildman–Crippen MR) is 122 cm³/mol. The van der Waals surface area contributed by atoms with E-state index in [0.717, 1.165) is 18.5 Å². The zero-order valence-corrected chi connectivity index (χ0v) is 19.7. The highest BCUT2D eigenvalue weighted by Crippen LogP contribution is 2.32. The number of carbonyl (C=O) groups excluding carboxylic acids is 1. The third-order valence-electron chi connectivity index (χ3n) is 5.87. The minimum absolute atomic E-state index is 0.133. The Morgan fingerprint density at radius 3 is 2.46 bits per heavy atom. The van der Waals surface area contributed by atoms with Crippen molar-refractivity contribution < 1.29 is 22.7 Å². The van der Waals surface area contributed by atoms with Gasteiger partial charge in [-0.1, -0.05) is 0 Å². The molecule has 0 unspecified atom stereocenters. The molecule has 1 saturated heterocycles. The molecule has 1 fully saturated rings. The second kappa shape index (κ2) is 9.27. The second-order valence-electron chi connectivity index (χ2n) is 9.53. The van der Waals surface area contributed by atoms with Crippen molar-refractivity contribution in [1.29, 1.82) is 0 Å². The number of piperidine rings is 1.